The Bertz CT molecular complexity index is 803. The molecule has 0 aromatic heterocycles. The van der Waals surface area contributed by atoms with E-state index >= 15 is 0 Å². The minimum atomic E-state index is -5.09. The summed E-state index contributed by atoms with van der Waals surface area (Å²) in [6.07, 6.45) is -4.22. The van der Waals surface area contributed by atoms with Crippen LogP contribution in [0.1, 0.15) is 33.6 Å². The predicted octanol–water partition coefficient (Wildman–Crippen LogP) is 2.89. The van der Waals surface area contributed by atoms with E-state index in [0.29, 0.717) is 18.4 Å². The molecule has 3 rings (SSSR count). The van der Waals surface area contributed by atoms with Crippen LogP contribution in [0.15, 0.2) is 34.9 Å². The number of hydroxylamine groups is 2. The van der Waals surface area contributed by atoms with Crippen LogP contribution in [-0.4, -0.2) is 53.6 Å². The summed E-state index contributed by atoms with van der Waals surface area (Å²) in [5.74, 6) is -3.27. The number of amides is 2. The molecule has 2 aliphatic heterocycles. The fourth-order valence-electron chi connectivity index (χ4n) is 2.94. The minimum Gasteiger partial charge on any atom is -0.360 e. The van der Waals surface area contributed by atoms with Crippen LogP contribution in [0, 0.1) is 0 Å². The Morgan fingerprint density at radius 2 is 1.74 bits per heavy atom. The first-order chi connectivity index (χ1) is 12.7. The molecule has 2 amide bonds. The molecule has 0 atom stereocenters. The summed E-state index contributed by atoms with van der Waals surface area (Å²) in [4.78, 5) is 41.0. The van der Waals surface area contributed by atoms with Crippen LogP contribution in [-0.2, 0) is 9.63 Å². The van der Waals surface area contributed by atoms with Gasteiger partial charge < -0.3 is 4.84 Å². The highest BCUT2D eigenvalue weighted by atomic mass is 35.5. The third kappa shape index (κ3) is 3.98. The van der Waals surface area contributed by atoms with Gasteiger partial charge in [-0.1, -0.05) is 23.7 Å². The van der Waals surface area contributed by atoms with E-state index in [1.165, 1.54) is 12.1 Å². The number of rotatable bonds is 3. The van der Waals surface area contributed by atoms with Gasteiger partial charge in [0.25, 0.3) is 11.8 Å². The first-order valence-corrected chi connectivity index (χ1v) is 8.42. The molecule has 0 spiro atoms. The van der Waals surface area contributed by atoms with Gasteiger partial charge in [0, 0.05) is 11.6 Å². The molecule has 2 heterocycles. The van der Waals surface area contributed by atoms with Gasteiger partial charge in [0.05, 0.1) is 24.2 Å². The van der Waals surface area contributed by atoms with Crippen LogP contribution in [0.2, 0.25) is 0 Å². The molecule has 0 saturated carbocycles. The highest BCUT2D eigenvalue weighted by Gasteiger charge is 2.43. The molecule has 2 aliphatic rings. The van der Waals surface area contributed by atoms with Gasteiger partial charge >= 0.3 is 12.1 Å². The number of imide groups is 1. The first-order valence-electron chi connectivity index (χ1n) is 8.04. The first kappa shape index (κ1) is 19.4. The Kier molecular flexibility index (Phi) is 5.25. The molecular formula is C17H14ClF3N2O4. The summed E-state index contributed by atoms with van der Waals surface area (Å²) in [6, 6.07) is 6.36. The number of alkyl halides is 3. The fourth-order valence-corrected chi connectivity index (χ4v) is 3.22. The number of piperidine rings is 1. The SMILES string of the molecule is O=C1c2ccccc2C(=O)N1C/C(Cl)=C1\CCCN(OC(=O)C(F)(F)F)C1. The zero-order valence-corrected chi connectivity index (χ0v) is 14.6. The normalized spacial score (nSPS) is 19.9. The lowest BCUT2D eigenvalue weighted by molar-refractivity contribution is -0.238. The Balaban J connectivity index is 1.71. The molecule has 1 aromatic carbocycles. The third-order valence-corrected chi connectivity index (χ3v) is 4.64. The van der Waals surface area contributed by atoms with Gasteiger partial charge in [-0.05, 0) is 30.5 Å². The van der Waals surface area contributed by atoms with Crippen molar-refractivity contribution >= 4 is 29.4 Å². The molecule has 1 saturated heterocycles. The van der Waals surface area contributed by atoms with Gasteiger partial charge in [-0.25, -0.2) is 4.79 Å². The van der Waals surface area contributed by atoms with Crippen molar-refractivity contribution in [1.29, 1.82) is 0 Å². The third-order valence-electron chi connectivity index (χ3n) is 4.26. The molecule has 0 bridgehead atoms. The van der Waals surface area contributed by atoms with Gasteiger partial charge in [0.2, 0.25) is 0 Å². The van der Waals surface area contributed by atoms with E-state index < -0.39 is 24.0 Å². The molecule has 10 heteroatoms. The van der Waals surface area contributed by atoms with Crippen LogP contribution < -0.4 is 0 Å². The highest BCUT2D eigenvalue weighted by Crippen LogP contribution is 2.28. The maximum atomic E-state index is 12.4. The van der Waals surface area contributed by atoms with Crippen molar-refractivity contribution < 1.29 is 32.4 Å². The second kappa shape index (κ2) is 7.32. The monoisotopic (exact) mass is 402 g/mol. The molecular weight excluding hydrogens is 389 g/mol. The quantitative estimate of drug-likeness (QED) is 0.727. The highest BCUT2D eigenvalue weighted by molar-refractivity contribution is 6.31. The number of fused-ring (bicyclic) bond motifs is 1. The van der Waals surface area contributed by atoms with Gasteiger partial charge in [-0.2, -0.15) is 13.2 Å². The van der Waals surface area contributed by atoms with Crippen molar-refractivity contribution in [3.63, 3.8) is 0 Å². The molecule has 27 heavy (non-hydrogen) atoms. The number of carbonyl (C=O) groups is 3. The molecule has 144 valence electrons. The zero-order chi connectivity index (χ0) is 19.8. The van der Waals surface area contributed by atoms with Crippen LogP contribution in [0.4, 0.5) is 13.2 Å². The maximum absolute atomic E-state index is 12.4. The van der Waals surface area contributed by atoms with Crippen LogP contribution in [0.3, 0.4) is 0 Å². The molecule has 6 nitrogen and oxygen atoms in total. The van der Waals surface area contributed by atoms with E-state index in [0.717, 1.165) is 9.96 Å². The van der Waals surface area contributed by atoms with Gasteiger partial charge in [-0.15, -0.1) is 5.06 Å². The Hall–Kier alpha value is -2.39. The van der Waals surface area contributed by atoms with E-state index in [1.54, 1.807) is 12.1 Å². The average Bonchev–Trinajstić information content (AvgIpc) is 2.86. The standard InChI is InChI=1S/C17H14ClF3N2O4/c18-13(9-23-14(24)11-5-1-2-6-12(11)15(23)25)10-4-3-7-22(8-10)27-16(26)17(19,20)21/h1-2,5-6H,3-4,7-9H2/b13-10-. The van der Waals surface area contributed by atoms with E-state index in [2.05, 4.69) is 4.84 Å². The van der Waals surface area contributed by atoms with E-state index in [4.69, 9.17) is 11.6 Å². The molecule has 1 fully saturated rings. The second-order valence-corrected chi connectivity index (χ2v) is 6.55. The summed E-state index contributed by atoms with van der Waals surface area (Å²) >= 11 is 6.25. The van der Waals surface area contributed by atoms with Gasteiger partial charge in [0.1, 0.15) is 0 Å². The molecule has 0 radical (unpaired) electrons. The zero-order valence-electron chi connectivity index (χ0n) is 13.9. The van der Waals surface area contributed by atoms with Crippen molar-refractivity contribution in [2.75, 3.05) is 19.6 Å². The Labute approximate surface area is 157 Å². The van der Waals surface area contributed by atoms with Crippen LogP contribution in [0.25, 0.3) is 0 Å². The lowest BCUT2D eigenvalue weighted by atomic mass is 10.1. The summed E-state index contributed by atoms with van der Waals surface area (Å²) in [5, 5.41) is 1.04. The number of nitrogens with zero attached hydrogens (tertiary/aromatic N) is 2. The van der Waals surface area contributed by atoms with Gasteiger partial charge in [-0.3, -0.25) is 14.5 Å². The van der Waals surface area contributed by atoms with Crippen molar-refractivity contribution in [3.05, 3.63) is 46.0 Å². The van der Waals surface area contributed by atoms with Crippen molar-refractivity contribution in [3.8, 4) is 0 Å². The minimum absolute atomic E-state index is 0.121. The maximum Gasteiger partial charge on any atom is 0.492 e. The van der Waals surface area contributed by atoms with Crippen molar-refractivity contribution in [2.45, 2.75) is 19.0 Å². The number of benzene rings is 1. The second-order valence-electron chi connectivity index (χ2n) is 6.09. The lowest BCUT2D eigenvalue weighted by Crippen LogP contribution is -2.39. The van der Waals surface area contributed by atoms with Crippen molar-refractivity contribution in [1.82, 2.24) is 9.96 Å². The smallest absolute Gasteiger partial charge is 0.360 e. The van der Waals surface area contributed by atoms with Gasteiger partial charge in [0.15, 0.2) is 0 Å². The van der Waals surface area contributed by atoms with E-state index in [1.807, 2.05) is 0 Å². The Morgan fingerprint density at radius 3 is 2.30 bits per heavy atom. The number of carbonyl (C=O) groups excluding carboxylic acids is 3. The average molecular weight is 403 g/mol. The Morgan fingerprint density at radius 1 is 1.15 bits per heavy atom. The number of halogens is 4. The predicted molar refractivity (Wildman–Crippen MR) is 87.6 cm³/mol. The van der Waals surface area contributed by atoms with Crippen LogP contribution in [0.5, 0.6) is 0 Å². The molecule has 0 aliphatic carbocycles. The fraction of sp³-hybridized carbons (Fsp3) is 0.353. The van der Waals surface area contributed by atoms with Crippen LogP contribution >= 0.6 is 11.6 Å². The topological polar surface area (TPSA) is 66.9 Å². The number of hydrogen-bond donors (Lipinski definition) is 0. The largest absolute Gasteiger partial charge is 0.492 e. The van der Waals surface area contributed by atoms with Crippen molar-refractivity contribution in [2.24, 2.45) is 0 Å². The summed E-state index contributed by atoms with van der Waals surface area (Å²) in [6.45, 7) is -0.184. The summed E-state index contributed by atoms with van der Waals surface area (Å²) in [5.41, 5.74) is 1.07. The van der Waals surface area contributed by atoms with E-state index in [-0.39, 0.29) is 35.8 Å². The van der Waals surface area contributed by atoms with E-state index in [9.17, 15) is 27.6 Å². The summed E-state index contributed by atoms with van der Waals surface area (Å²) in [7, 11) is 0. The lowest BCUT2D eigenvalue weighted by Gasteiger charge is -2.28. The molecule has 0 N–H and O–H groups in total. The number of hydrogen-bond acceptors (Lipinski definition) is 5. The summed E-state index contributed by atoms with van der Waals surface area (Å²) < 4.78 is 37.0. The molecule has 0 unspecified atom stereocenters. The molecule has 1 aromatic rings.